The number of rotatable bonds is 5. The van der Waals surface area contributed by atoms with Crippen molar-refractivity contribution in [3.8, 4) is 0 Å². The molecule has 1 aromatic rings. The smallest absolute Gasteiger partial charge is 0.255 e. The number of nitrogens with one attached hydrogen (secondary N) is 1. The van der Waals surface area contributed by atoms with E-state index in [1.807, 2.05) is 30.0 Å². The molecule has 4 heteroatoms. The van der Waals surface area contributed by atoms with E-state index in [9.17, 15) is 4.79 Å². The summed E-state index contributed by atoms with van der Waals surface area (Å²) in [6, 6.07) is 5.97. The first kappa shape index (κ1) is 16.5. The second-order valence-corrected chi connectivity index (χ2v) is 6.80. The first-order chi connectivity index (χ1) is 10.1. The average molecular weight is 353 g/mol. The van der Waals surface area contributed by atoms with Crippen LogP contribution in [0.4, 0.5) is 0 Å². The van der Waals surface area contributed by atoms with Gasteiger partial charge in [0.15, 0.2) is 0 Å². The Kier molecular flexibility index (Phi) is 6.24. The number of hydrogen-bond acceptors (Lipinski definition) is 2. The Morgan fingerprint density at radius 3 is 2.95 bits per heavy atom. The maximum absolute atomic E-state index is 12.9. The molecule has 2 rings (SSSR count). The molecule has 0 bridgehead atoms. The van der Waals surface area contributed by atoms with Crippen LogP contribution in [-0.4, -0.2) is 37.0 Å². The number of piperidine rings is 1. The van der Waals surface area contributed by atoms with E-state index >= 15 is 0 Å². The Labute approximate surface area is 136 Å². The van der Waals surface area contributed by atoms with Crippen LogP contribution in [0, 0.1) is 12.8 Å². The quantitative estimate of drug-likeness (QED) is 0.877. The lowest BCUT2D eigenvalue weighted by Crippen LogP contribution is -2.41. The highest BCUT2D eigenvalue weighted by atomic mass is 79.9. The van der Waals surface area contributed by atoms with Gasteiger partial charge in [-0.15, -0.1) is 0 Å². The van der Waals surface area contributed by atoms with E-state index in [1.165, 1.54) is 12.8 Å². The predicted octanol–water partition coefficient (Wildman–Crippen LogP) is 3.61. The third-order valence-electron chi connectivity index (χ3n) is 4.01. The Morgan fingerprint density at radius 2 is 2.29 bits per heavy atom. The summed E-state index contributed by atoms with van der Waals surface area (Å²) in [6.45, 7) is 7.99. The number of halogens is 1. The van der Waals surface area contributed by atoms with E-state index in [0.717, 1.165) is 48.2 Å². The standard InChI is InChI=1S/C17H25BrN2O/c1-3-9-20(12-14-5-4-8-19-11-14)17(21)15-10-13(2)6-7-16(15)18/h6-7,10,14,19H,3-5,8-9,11-12H2,1-2H3. The van der Waals surface area contributed by atoms with Gasteiger partial charge in [0.25, 0.3) is 5.91 Å². The third kappa shape index (κ3) is 4.55. The maximum Gasteiger partial charge on any atom is 0.255 e. The summed E-state index contributed by atoms with van der Waals surface area (Å²) in [5.41, 5.74) is 1.91. The van der Waals surface area contributed by atoms with Gasteiger partial charge in [-0.2, -0.15) is 0 Å². The Hall–Kier alpha value is -0.870. The molecule has 0 aromatic heterocycles. The predicted molar refractivity (Wildman–Crippen MR) is 90.7 cm³/mol. The molecule has 0 aliphatic carbocycles. The third-order valence-corrected chi connectivity index (χ3v) is 4.70. The fourth-order valence-corrected chi connectivity index (χ4v) is 3.33. The van der Waals surface area contributed by atoms with E-state index in [1.54, 1.807) is 0 Å². The largest absolute Gasteiger partial charge is 0.338 e. The van der Waals surface area contributed by atoms with Crippen LogP contribution in [0.1, 0.15) is 42.1 Å². The Balaban J connectivity index is 2.12. The molecule has 1 unspecified atom stereocenters. The van der Waals surface area contributed by atoms with E-state index in [-0.39, 0.29) is 5.91 Å². The molecule has 1 amide bonds. The van der Waals surface area contributed by atoms with Crippen molar-refractivity contribution in [3.05, 3.63) is 33.8 Å². The highest BCUT2D eigenvalue weighted by Gasteiger charge is 2.22. The molecule has 1 fully saturated rings. The molecule has 3 nitrogen and oxygen atoms in total. The molecule has 1 aliphatic heterocycles. The summed E-state index contributed by atoms with van der Waals surface area (Å²) >= 11 is 3.52. The van der Waals surface area contributed by atoms with Crippen molar-refractivity contribution in [2.75, 3.05) is 26.2 Å². The van der Waals surface area contributed by atoms with Crippen LogP contribution in [0.25, 0.3) is 0 Å². The van der Waals surface area contributed by atoms with Gasteiger partial charge in [-0.25, -0.2) is 0 Å². The monoisotopic (exact) mass is 352 g/mol. The summed E-state index contributed by atoms with van der Waals surface area (Å²) in [4.78, 5) is 14.9. The van der Waals surface area contributed by atoms with Gasteiger partial charge < -0.3 is 10.2 Å². The molecule has 0 saturated carbocycles. The van der Waals surface area contributed by atoms with Gasteiger partial charge in [-0.3, -0.25) is 4.79 Å². The van der Waals surface area contributed by atoms with Crippen molar-refractivity contribution in [1.82, 2.24) is 10.2 Å². The second-order valence-electron chi connectivity index (χ2n) is 5.95. The van der Waals surface area contributed by atoms with E-state index in [4.69, 9.17) is 0 Å². The molecular weight excluding hydrogens is 328 g/mol. The number of benzene rings is 1. The average Bonchev–Trinajstić information content (AvgIpc) is 2.49. The van der Waals surface area contributed by atoms with Gasteiger partial charge in [0, 0.05) is 17.6 Å². The molecule has 1 atom stereocenters. The van der Waals surface area contributed by atoms with Gasteiger partial charge in [0.2, 0.25) is 0 Å². The van der Waals surface area contributed by atoms with E-state index < -0.39 is 0 Å². The number of nitrogens with zero attached hydrogens (tertiary/aromatic N) is 1. The van der Waals surface area contributed by atoms with Crippen LogP contribution < -0.4 is 5.32 Å². The SMILES string of the molecule is CCCN(CC1CCCNC1)C(=O)c1cc(C)ccc1Br. The minimum atomic E-state index is 0.151. The summed E-state index contributed by atoms with van der Waals surface area (Å²) in [7, 11) is 0. The number of hydrogen-bond donors (Lipinski definition) is 1. The molecule has 0 radical (unpaired) electrons. The van der Waals surface area contributed by atoms with Crippen molar-refractivity contribution in [1.29, 1.82) is 0 Å². The fourth-order valence-electron chi connectivity index (χ4n) is 2.91. The zero-order chi connectivity index (χ0) is 15.2. The Bertz CT molecular complexity index is 484. The number of carbonyl (C=O) groups excluding carboxylic acids is 1. The number of aryl methyl sites for hydroxylation is 1. The summed E-state index contributed by atoms with van der Waals surface area (Å²) in [5, 5.41) is 3.43. The molecule has 21 heavy (non-hydrogen) atoms. The molecule has 1 aromatic carbocycles. The minimum Gasteiger partial charge on any atom is -0.338 e. The molecule has 1 N–H and O–H groups in total. The zero-order valence-electron chi connectivity index (χ0n) is 13.0. The zero-order valence-corrected chi connectivity index (χ0v) is 14.6. The first-order valence-electron chi connectivity index (χ1n) is 7.88. The number of amides is 1. The van der Waals surface area contributed by atoms with Crippen molar-refractivity contribution in [3.63, 3.8) is 0 Å². The number of carbonyl (C=O) groups is 1. The highest BCUT2D eigenvalue weighted by molar-refractivity contribution is 9.10. The van der Waals surface area contributed by atoms with Crippen LogP contribution in [0.2, 0.25) is 0 Å². The van der Waals surface area contributed by atoms with E-state index in [2.05, 4.69) is 28.2 Å². The topological polar surface area (TPSA) is 32.3 Å². The maximum atomic E-state index is 12.9. The normalized spacial score (nSPS) is 18.5. The van der Waals surface area contributed by atoms with Crippen LogP contribution in [-0.2, 0) is 0 Å². The van der Waals surface area contributed by atoms with Crippen molar-refractivity contribution in [2.45, 2.75) is 33.1 Å². The lowest BCUT2D eigenvalue weighted by Gasteiger charge is -2.30. The minimum absolute atomic E-state index is 0.151. The summed E-state index contributed by atoms with van der Waals surface area (Å²) in [5.74, 6) is 0.732. The fraction of sp³-hybridized carbons (Fsp3) is 0.588. The van der Waals surface area contributed by atoms with Gasteiger partial charge in [0.1, 0.15) is 0 Å². The molecular formula is C17H25BrN2O. The van der Waals surface area contributed by atoms with Crippen molar-refractivity contribution in [2.24, 2.45) is 5.92 Å². The summed E-state index contributed by atoms with van der Waals surface area (Å²) < 4.78 is 0.890. The lowest BCUT2D eigenvalue weighted by molar-refractivity contribution is 0.0718. The molecule has 1 aliphatic rings. The van der Waals surface area contributed by atoms with E-state index in [0.29, 0.717) is 5.92 Å². The van der Waals surface area contributed by atoms with Crippen molar-refractivity contribution >= 4 is 21.8 Å². The van der Waals surface area contributed by atoms with Gasteiger partial charge in [0.05, 0.1) is 5.56 Å². The van der Waals surface area contributed by atoms with Gasteiger partial charge in [-0.1, -0.05) is 18.6 Å². The van der Waals surface area contributed by atoms with Crippen LogP contribution >= 0.6 is 15.9 Å². The first-order valence-corrected chi connectivity index (χ1v) is 8.67. The van der Waals surface area contributed by atoms with Crippen LogP contribution in [0.5, 0.6) is 0 Å². The molecule has 0 spiro atoms. The second kappa shape index (κ2) is 7.95. The van der Waals surface area contributed by atoms with Crippen LogP contribution in [0.3, 0.4) is 0 Å². The lowest BCUT2D eigenvalue weighted by atomic mass is 9.98. The van der Waals surface area contributed by atoms with Gasteiger partial charge >= 0.3 is 0 Å². The molecule has 116 valence electrons. The molecule has 1 saturated heterocycles. The molecule has 1 heterocycles. The van der Waals surface area contributed by atoms with Crippen molar-refractivity contribution < 1.29 is 4.79 Å². The van der Waals surface area contributed by atoms with Gasteiger partial charge in [-0.05, 0) is 73.3 Å². The van der Waals surface area contributed by atoms with Crippen LogP contribution in [0.15, 0.2) is 22.7 Å². The Morgan fingerprint density at radius 1 is 1.48 bits per heavy atom. The summed E-state index contributed by atoms with van der Waals surface area (Å²) in [6.07, 6.45) is 3.43. The highest BCUT2D eigenvalue weighted by Crippen LogP contribution is 2.21.